The molecule has 1 aromatic heterocycles. The fourth-order valence-electron chi connectivity index (χ4n) is 5.50. The van der Waals surface area contributed by atoms with Crippen LogP contribution in [0.15, 0.2) is 54.6 Å². The number of fused-ring (bicyclic) bond motifs is 1. The van der Waals surface area contributed by atoms with Crippen LogP contribution < -0.4 is 5.32 Å². The van der Waals surface area contributed by atoms with Crippen molar-refractivity contribution < 1.29 is 42.3 Å². The number of rotatable bonds is 8. The van der Waals surface area contributed by atoms with E-state index in [1.54, 1.807) is 11.8 Å². The minimum atomic E-state index is -5.75. The molecule has 3 atom stereocenters. The summed E-state index contributed by atoms with van der Waals surface area (Å²) in [5.74, 6) is -1.11. The second-order valence-electron chi connectivity index (χ2n) is 10.6. The van der Waals surface area contributed by atoms with Crippen LogP contribution in [0.2, 0.25) is 0 Å². The molecule has 10 nitrogen and oxygen atoms in total. The van der Waals surface area contributed by atoms with Crippen molar-refractivity contribution in [2.75, 3.05) is 26.2 Å². The molecule has 5 rings (SSSR count). The molecule has 43 heavy (non-hydrogen) atoms. The molecule has 3 N–H and O–H groups in total. The van der Waals surface area contributed by atoms with Gasteiger partial charge in [-0.2, -0.15) is 8.78 Å². The van der Waals surface area contributed by atoms with Crippen LogP contribution in [0.3, 0.4) is 0 Å². The van der Waals surface area contributed by atoms with E-state index < -0.39 is 36.8 Å². The van der Waals surface area contributed by atoms with Crippen LogP contribution in [0, 0.1) is 0 Å². The number of amides is 3. The largest absolute Gasteiger partial charge is 0.399 e. The monoisotopic (exact) mass is 635 g/mol. The first kappa shape index (κ1) is 31.2. The van der Waals surface area contributed by atoms with Gasteiger partial charge < -0.3 is 29.6 Å². The lowest BCUT2D eigenvalue weighted by atomic mass is 10.1. The van der Waals surface area contributed by atoms with Crippen LogP contribution in [0.4, 0.5) is 8.78 Å². The number of nitrogens with one attached hydrogen (secondary N) is 1. The van der Waals surface area contributed by atoms with E-state index in [-0.39, 0.29) is 34.6 Å². The maximum atomic E-state index is 14.2. The molecule has 3 amide bonds. The maximum absolute atomic E-state index is 14.2. The number of likely N-dealkylation sites (tertiary alicyclic amines) is 1. The van der Waals surface area contributed by atoms with E-state index in [1.165, 1.54) is 17.0 Å². The Labute approximate surface area is 250 Å². The number of morpholine rings is 1. The van der Waals surface area contributed by atoms with Crippen molar-refractivity contribution in [3.8, 4) is 0 Å². The van der Waals surface area contributed by atoms with Crippen LogP contribution in [0.1, 0.15) is 53.1 Å². The fraction of sp³-hybridized carbons (Fsp3) is 0.414. The first-order valence-electron chi connectivity index (χ1n) is 13.9. The standard InChI is InChI=1S/C29H32F2N3O7PS/c1-2-21(32-26(35)25-16-19-15-20(10-11-24(19)43-25)29(30,31)42(38,39)40)27(36)34-12-6-9-22(34)28(37)33-13-14-41-23(17-33)18-7-4-3-5-8-18/h3-5,7-8,10-11,15-16,21-23H,2,6,9,12-14,17H2,1H3,(H,32,35)(H2,38,39,40)/t21-,22-,23-/m0/s1. The van der Waals surface area contributed by atoms with E-state index in [0.29, 0.717) is 43.8 Å². The normalized spacial score (nSPS) is 20.3. The van der Waals surface area contributed by atoms with E-state index >= 15 is 0 Å². The highest BCUT2D eigenvalue weighted by molar-refractivity contribution is 7.52. The van der Waals surface area contributed by atoms with Crippen LogP contribution >= 0.6 is 18.9 Å². The summed E-state index contributed by atoms with van der Waals surface area (Å²) in [5, 5.41) is 2.93. The van der Waals surface area contributed by atoms with Crippen molar-refractivity contribution >= 4 is 46.7 Å². The van der Waals surface area contributed by atoms with Gasteiger partial charge in [0.2, 0.25) is 11.8 Å². The summed E-state index contributed by atoms with van der Waals surface area (Å²) in [4.78, 5) is 61.9. The second-order valence-corrected chi connectivity index (χ2v) is 13.4. The number of carbonyl (C=O) groups excluding carboxylic acids is 3. The molecular weight excluding hydrogens is 603 g/mol. The first-order valence-corrected chi connectivity index (χ1v) is 16.4. The van der Waals surface area contributed by atoms with Crippen molar-refractivity contribution in [2.45, 2.75) is 50.0 Å². The fourth-order valence-corrected chi connectivity index (χ4v) is 6.92. The summed E-state index contributed by atoms with van der Waals surface area (Å²) in [6, 6.07) is 12.5. The Morgan fingerprint density at radius 2 is 1.88 bits per heavy atom. The highest BCUT2D eigenvalue weighted by Gasteiger charge is 2.50. The summed E-state index contributed by atoms with van der Waals surface area (Å²) in [7, 11) is -5.75. The molecule has 14 heteroatoms. The summed E-state index contributed by atoms with van der Waals surface area (Å²) < 4.78 is 46.0. The molecule has 2 fully saturated rings. The number of halogens is 2. The molecule has 230 valence electrons. The summed E-state index contributed by atoms with van der Waals surface area (Å²) in [6.07, 6.45) is 1.17. The predicted octanol–water partition coefficient (Wildman–Crippen LogP) is 4.23. The molecule has 0 aliphatic carbocycles. The summed E-state index contributed by atoms with van der Waals surface area (Å²) in [6.45, 7) is 3.30. The van der Waals surface area contributed by atoms with Crippen molar-refractivity contribution in [3.05, 3.63) is 70.6 Å². The van der Waals surface area contributed by atoms with E-state index in [4.69, 9.17) is 14.5 Å². The number of nitrogens with zero attached hydrogens (tertiary/aromatic N) is 2. The lowest BCUT2D eigenvalue weighted by Gasteiger charge is -2.37. The van der Waals surface area contributed by atoms with Crippen molar-refractivity contribution in [3.63, 3.8) is 0 Å². The predicted molar refractivity (Wildman–Crippen MR) is 156 cm³/mol. The van der Waals surface area contributed by atoms with Gasteiger partial charge in [0.15, 0.2) is 0 Å². The Balaban J connectivity index is 1.27. The zero-order valence-corrected chi connectivity index (χ0v) is 25.0. The third-order valence-electron chi connectivity index (χ3n) is 7.84. The number of alkyl halides is 2. The Morgan fingerprint density at radius 1 is 1.14 bits per heavy atom. The molecule has 2 aliphatic heterocycles. The molecule has 2 aromatic carbocycles. The van der Waals surface area contributed by atoms with Gasteiger partial charge in [-0.3, -0.25) is 18.9 Å². The Bertz CT molecular complexity index is 1560. The maximum Gasteiger partial charge on any atom is 0.399 e. The van der Waals surface area contributed by atoms with Gasteiger partial charge in [-0.1, -0.05) is 43.3 Å². The van der Waals surface area contributed by atoms with Gasteiger partial charge in [-0.05, 0) is 48.4 Å². The SMILES string of the molecule is CC[C@H](NC(=O)c1cc2cc(C(F)(F)P(=O)(O)O)ccc2s1)C(=O)N1CCC[C@H]1C(=O)N1CCO[C@H](c2ccccc2)C1. The number of benzene rings is 2. The molecule has 0 unspecified atom stereocenters. The van der Waals surface area contributed by atoms with Gasteiger partial charge in [0, 0.05) is 23.4 Å². The number of hydrogen-bond acceptors (Lipinski definition) is 6. The molecule has 3 heterocycles. The topological polar surface area (TPSA) is 136 Å². The Kier molecular flexibility index (Phi) is 9.01. The molecule has 0 saturated carbocycles. The van der Waals surface area contributed by atoms with Gasteiger partial charge >= 0.3 is 13.3 Å². The lowest BCUT2D eigenvalue weighted by molar-refractivity contribution is -0.149. The number of carbonyl (C=O) groups is 3. The average Bonchev–Trinajstić information content (AvgIpc) is 3.66. The van der Waals surface area contributed by atoms with E-state index in [0.717, 1.165) is 29.0 Å². The van der Waals surface area contributed by atoms with Gasteiger partial charge in [0.25, 0.3) is 5.91 Å². The third-order valence-corrected chi connectivity index (χ3v) is 9.94. The number of thiophene rings is 1. The van der Waals surface area contributed by atoms with Gasteiger partial charge in [0.1, 0.15) is 18.2 Å². The molecular formula is C29H32F2N3O7PS. The van der Waals surface area contributed by atoms with Crippen LogP contribution in [0.5, 0.6) is 0 Å². The van der Waals surface area contributed by atoms with Gasteiger partial charge in [0.05, 0.1) is 18.0 Å². The summed E-state index contributed by atoms with van der Waals surface area (Å²) in [5.41, 5.74) is -4.26. The quantitative estimate of drug-likeness (QED) is 0.315. The Hall–Kier alpha value is -3.22. The zero-order chi connectivity index (χ0) is 30.9. The molecule has 2 saturated heterocycles. The zero-order valence-electron chi connectivity index (χ0n) is 23.3. The summed E-state index contributed by atoms with van der Waals surface area (Å²) >= 11 is 1.00. The molecule has 3 aromatic rings. The second kappa shape index (κ2) is 12.4. The molecule has 0 bridgehead atoms. The highest BCUT2D eigenvalue weighted by atomic mass is 32.1. The first-order chi connectivity index (χ1) is 20.4. The minimum Gasteiger partial charge on any atom is -0.370 e. The lowest BCUT2D eigenvalue weighted by Crippen LogP contribution is -2.55. The van der Waals surface area contributed by atoms with E-state index in [9.17, 15) is 27.7 Å². The molecule has 0 radical (unpaired) electrons. The van der Waals surface area contributed by atoms with Gasteiger partial charge in [-0.25, -0.2) is 0 Å². The van der Waals surface area contributed by atoms with Crippen LogP contribution in [-0.2, 0) is 24.6 Å². The highest BCUT2D eigenvalue weighted by Crippen LogP contribution is 2.59. The third kappa shape index (κ3) is 6.37. The smallest absolute Gasteiger partial charge is 0.370 e. The van der Waals surface area contributed by atoms with Crippen molar-refractivity contribution in [2.24, 2.45) is 0 Å². The minimum absolute atomic E-state index is 0.146. The number of ether oxygens (including phenoxy) is 1. The average molecular weight is 636 g/mol. The Morgan fingerprint density at radius 3 is 2.58 bits per heavy atom. The van der Waals surface area contributed by atoms with Crippen LogP contribution in [0.25, 0.3) is 10.1 Å². The molecule has 0 spiro atoms. The van der Waals surface area contributed by atoms with E-state index in [2.05, 4.69) is 5.32 Å². The van der Waals surface area contributed by atoms with Crippen molar-refractivity contribution in [1.82, 2.24) is 15.1 Å². The molecule has 2 aliphatic rings. The van der Waals surface area contributed by atoms with Gasteiger partial charge in [-0.15, -0.1) is 11.3 Å². The number of hydrogen-bond donors (Lipinski definition) is 3. The van der Waals surface area contributed by atoms with Crippen LogP contribution in [-0.4, -0.2) is 75.6 Å². The van der Waals surface area contributed by atoms with E-state index in [1.807, 2.05) is 30.3 Å². The van der Waals surface area contributed by atoms with Crippen molar-refractivity contribution in [1.29, 1.82) is 0 Å².